The second kappa shape index (κ2) is 9.04. The van der Waals surface area contributed by atoms with Crippen molar-refractivity contribution in [1.82, 2.24) is 5.32 Å². The summed E-state index contributed by atoms with van der Waals surface area (Å²) >= 11 is 0. The van der Waals surface area contributed by atoms with E-state index in [1.54, 1.807) is 0 Å². The van der Waals surface area contributed by atoms with Crippen LogP contribution in [0.3, 0.4) is 0 Å². The Balaban J connectivity index is 4.39. The van der Waals surface area contributed by atoms with Gasteiger partial charge in [0.15, 0.2) is 0 Å². The van der Waals surface area contributed by atoms with Crippen LogP contribution in [0.2, 0.25) is 0 Å². The average molecular weight is 227 g/mol. The third kappa shape index (κ3) is 5.89. The lowest BCUT2D eigenvalue weighted by molar-refractivity contribution is 0.179. The van der Waals surface area contributed by atoms with Crippen molar-refractivity contribution in [2.24, 2.45) is 11.3 Å². The first-order valence-corrected chi connectivity index (χ1v) is 7.34. The van der Waals surface area contributed by atoms with Crippen molar-refractivity contribution in [3.63, 3.8) is 0 Å². The lowest BCUT2D eigenvalue weighted by atomic mass is 9.73. The van der Waals surface area contributed by atoms with Crippen molar-refractivity contribution in [3.8, 4) is 0 Å². The first-order valence-electron chi connectivity index (χ1n) is 7.34. The van der Waals surface area contributed by atoms with E-state index in [0.717, 1.165) is 12.5 Å². The maximum absolute atomic E-state index is 3.58. The molecule has 1 nitrogen and oxygen atoms in total. The van der Waals surface area contributed by atoms with Gasteiger partial charge in [-0.3, -0.25) is 0 Å². The SMILES string of the molecule is CCCCC(CC)(CNCC)CC(C)CC. The highest BCUT2D eigenvalue weighted by Gasteiger charge is 2.28. The number of rotatable bonds is 10. The van der Waals surface area contributed by atoms with Gasteiger partial charge in [-0.05, 0) is 37.1 Å². The normalized spacial score (nSPS) is 17.1. The molecule has 1 N–H and O–H groups in total. The Morgan fingerprint density at radius 1 is 1.12 bits per heavy atom. The molecule has 2 unspecified atom stereocenters. The molecule has 0 heterocycles. The van der Waals surface area contributed by atoms with Crippen molar-refractivity contribution in [2.75, 3.05) is 13.1 Å². The first-order chi connectivity index (χ1) is 7.64. The standard InChI is InChI=1S/C15H33N/c1-6-10-11-15(8-3,13-16-9-4)12-14(5)7-2/h14,16H,6-13H2,1-5H3. The molecule has 0 aliphatic rings. The fourth-order valence-electron chi connectivity index (χ4n) is 2.53. The summed E-state index contributed by atoms with van der Waals surface area (Å²) in [6.45, 7) is 13.9. The van der Waals surface area contributed by atoms with E-state index in [4.69, 9.17) is 0 Å². The van der Waals surface area contributed by atoms with Gasteiger partial charge in [-0.25, -0.2) is 0 Å². The second-order valence-corrected chi connectivity index (χ2v) is 5.45. The van der Waals surface area contributed by atoms with Gasteiger partial charge in [-0.1, -0.05) is 53.9 Å². The minimum atomic E-state index is 0.557. The lowest BCUT2D eigenvalue weighted by Crippen LogP contribution is -2.35. The van der Waals surface area contributed by atoms with Gasteiger partial charge in [0.25, 0.3) is 0 Å². The Labute approximate surface area is 103 Å². The van der Waals surface area contributed by atoms with Crippen molar-refractivity contribution >= 4 is 0 Å². The molecule has 0 amide bonds. The quantitative estimate of drug-likeness (QED) is 0.574. The van der Waals surface area contributed by atoms with Gasteiger partial charge in [-0.2, -0.15) is 0 Å². The molecule has 16 heavy (non-hydrogen) atoms. The molecule has 0 fully saturated rings. The van der Waals surface area contributed by atoms with Crippen LogP contribution in [0, 0.1) is 11.3 Å². The van der Waals surface area contributed by atoms with E-state index in [0.29, 0.717) is 5.41 Å². The summed E-state index contributed by atoms with van der Waals surface area (Å²) in [6, 6.07) is 0. The number of hydrogen-bond acceptors (Lipinski definition) is 1. The summed E-state index contributed by atoms with van der Waals surface area (Å²) < 4.78 is 0. The van der Waals surface area contributed by atoms with E-state index in [1.165, 1.54) is 45.1 Å². The van der Waals surface area contributed by atoms with Gasteiger partial charge in [0.05, 0.1) is 0 Å². The van der Waals surface area contributed by atoms with Crippen LogP contribution in [0.15, 0.2) is 0 Å². The molecule has 0 aliphatic heterocycles. The van der Waals surface area contributed by atoms with E-state index in [1.807, 2.05) is 0 Å². The summed E-state index contributed by atoms with van der Waals surface area (Å²) in [6.07, 6.45) is 8.15. The highest BCUT2D eigenvalue weighted by molar-refractivity contribution is 4.82. The zero-order valence-electron chi connectivity index (χ0n) is 12.2. The molecule has 0 aliphatic carbocycles. The molecule has 0 radical (unpaired) electrons. The van der Waals surface area contributed by atoms with E-state index in [9.17, 15) is 0 Å². The Bertz CT molecular complexity index is 146. The molecule has 0 aromatic rings. The predicted molar refractivity (Wildman–Crippen MR) is 74.9 cm³/mol. The summed E-state index contributed by atoms with van der Waals surface area (Å²) in [5, 5.41) is 3.58. The summed E-state index contributed by atoms with van der Waals surface area (Å²) in [5.41, 5.74) is 0.557. The molecule has 0 rings (SSSR count). The summed E-state index contributed by atoms with van der Waals surface area (Å²) in [4.78, 5) is 0. The zero-order chi connectivity index (χ0) is 12.4. The molecular weight excluding hydrogens is 194 g/mol. The highest BCUT2D eigenvalue weighted by atomic mass is 14.9. The van der Waals surface area contributed by atoms with E-state index in [2.05, 4.69) is 39.9 Å². The van der Waals surface area contributed by atoms with Crippen LogP contribution in [0.4, 0.5) is 0 Å². The van der Waals surface area contributed by atoms with Crippen LogP contribution in [-0.2, 0) is 0 Å². The topological polar surface area (TPSA) is 12.0 Å². The predicted octanol–water partition coefficient (Wildman–Crippen LogP) is 4.62. The van der Waals surface area contributed by atoms with Gasteiger partial charge in [0, 0.05) is 6.54 Å². The summed E-state index contributed by atoms with van der Waals surface area (Å²) in [7, 11) is 0. The Kier molecular flexibility index (Phi) is 9.02. The maximum Gasteiger partial charge on any atom is 0.000769 e. The maximum atomic E-state index is 3.58. The molecule has 1 heteroatoms. The van der Waals surface area contributed by atoms with Crippen molar-refractivity contribution in [2.45, 2.75) is 73.1 Å². The molecule has 2 atom stereocenters. The number of hydrogen-bond donors (Lipinski definition) is 1. The fraction of sp³-hybridized carbons (Fsp3) is 1.00. The molecule has 0 aromatic heterocycles. The largest absolute Gasteiger partial charge is 0.316 e. The zero-order valence-corrected chi connectivity index (χ0v) is 12.2. The van der Waals surface area contributed by atoms with Gasteiger partial charge in [0.2, 0.25) is 0 Å². The van der Waals surface area contributed by atoms with Crippen LogP contribution in [-0.4, -0.2) is 13.1 Å². The number of unbranched alkanes of at least 4 members (excludes halogenated alkanes) is 1. The molecule has 0 bridgehead atoms. The van der Waals surface area contributed by atoms with Crippen molar-refractivity contribution < 1.29 is 0 Å². The molecule has 0 aromatic carbocycles. The van der Waals surface area contributed by atoms with Crippen LogP contribution in [0.25, 0.3) is 0 Å². The highest BCUT2D eigenvalue weighted by Crippen LogP contribution is 2.36. The van der Waals surface area contributed by atoms with E-state index in [-0.39, 0.29) is 0 Å². The van der Waals surface area contributed by atoms with Crippen LogP contribution >= 0.6 is 0 Å². The molecule has 98 valence electrons. The van der Waals surface area contributed by atoms with Crippen LogP contribution in [0.1, 0.15) is 73.1 Å². The Morgan fingerprint density at radius 2 is 1.81 bits per heavy atom. The average Bonchev–Trinajstić information content (AvgIpc) is 2.32. The minimum absolute atomic E-state index is 0.557. The third-order valence-electron chi connectivity index (χ3n) is 4.04. The van der Waals surface area contributed by atoms with Crippen LogP contribution < -0.4 is 5.32 Å². The van der Waals surface area contributed by atoms with Gasteiger partial charge >= 0.3 is 0 Å². The first kappa shape index (κ1) is 16.0. The Morgan fingerprint density at radius 3 is 2.25 bits per heavy atom. The molecule has 0 spiro atoms. The van der Waals surface area contributed by atoms with Gasteiger partial charge < -0.3 is 5.32 Å². The third-order valence-corrected chi connectivity index (χ3v) is 4.04. The lowest BCUT2D eigenvalue weighted by Gasteiger charge is -2.35. The monoisotopic (exact) mass is 227 g/mol. The Hall–Kier alpha value is -0.0400. The molecular formula is C15H33N. The van der Waals surface area contributed by atoms with Crippen LogP contribution in [0.5, 0.6) is 0 Å². The smallest absolute Gasteiger partial charge is 0.000769 e. The molecule has 0 saturated carbocycles. The summed E-state index contributed by atoms with van der Waals surface area (Å²) in [5.74, 6) is 0.871. The van der Waals surface area contributed by atoms with E-state index >= 15 is 0 Å². The minimum Gasteiger partial charge on any atom is -0.316 e. The van der Waals surface area contributed by atoms with E-state index < -0.39 is 0 Å². The second-order valence-electron chi connectivity index (χ2n) is 5.45. The van der Waals surface area contributed by atoms with Crippen molar-refractivity contribution in [3.05, 3.63) is 0 Å². The van der Waals surface area contributed by atoms with Gasteiger partial charge in [0.1, 0.15) is 0 Å². The molecule has 0 saturated heterocycles. The fourth-order valence-corrected chi connectivity index (χ4v) is 2.53. The number of nitrogens with one attached hydrogen (secondary N) is 1. The van der Waals surface area contributed by atoms with Crippen molar-refractivity contribution in [1.29, 1.82) is 0 Å². The van der Waals surface area contributed by atoms with Gasteiger partial charge in [-0.15, -0.1) is 0 Å².